The van der Waals surface area contributed by atoms with Crippen molar-refractivity contribution >= 4 is 39.4 Å². The maximum Gasteiger partial charge on any atom is 0.277 e. The number of fused-ring (bicyclic) bond motifs is 1. The molecule has 1 aromatic heterocycles. The quantitative estimate of drug-likeness (QED) is 0.759. The number of pyridine rings is 1. The van der Waals surface area contributed by atoms with Gasteiger partial charge in [-0.1, -0.05) is 12.1 Å². The molecular weight excluding hydrogens is 384 g/mol. The summed E-state index contributed by atoms with van der Waals surface area (Å²) in [7, 11) is -1.23. The molecule has 0 radical (unpaired) electrons. The summed E-state index contributed by atoms with van der Waals surface area (Å²) < 4.78 is 38.4. The van der Waals surface area contributed by atoms with E-state index in [9.17, 15) is 17.8 Å². The molecule has 0 amide bonds. The summed E-state index contributed by atoms with van der Waals surface area (Å²) in [5.74, 6) is 0.226. The third-order valence-corrected chi connectivity index (χ3v) is 5.80. The van der Waals surface area contributed by atoms with Crippen LogP contribution < -0.4 is 5.32 Å². The normalized spacial score (nSPS) is 16.6. The van der Waals surface area contributed by atoms with Crippen LogP contribution in [0.3, 0.4) is 0 Å². The van der Waals surface area contributed by atoms with E-state index in [1.807, 2.05) is 0 Å². The third-order valence-electron chi connectivity index (χ3n) is 4.83. The molecule has 0 saturated heterocycles. The molecule has 1 aliphatic heterocycles. The Morgan fingerprint density at radius 1 is 1.29 bits per heavy atom. The largest absolute Gasteiger partial charge is 0.353 e. The summed E-state index contributed by atoms with van der Waals surface area (Å²) in [6.07, 6.45) is 0.873. The second-order valence-electron chi connectivity index (χ2n) is 7.03. The first kappa shape index (κ1) is 18.9. The second kappa shape index (κ2) is 7.50. The number of rotatable bonds is 7. The fourth-order valence-corrected chi connectivity index (χ4v) is 3.96. The molecular formula is C20H19F2N3O2S. The lowest BCUT2D eigenvalue weighted by Crippen LogP contribution is -2.11. The summed E-state index contributed by atoms with van der Waals surface area (Å²) in [4.78, 5) is 21.3. The fourth-order valence-electron chi connectivity index (χ4n) is 3.26. The Kier molecular flexibility index (Phi) is 5.05. The van der Waals surface area contributed by atoms with Gasteiger partial charge in [0.25, 0.3) is 6.43 Å². The first-order chi connectivity index (χ1) is 13.4. The van der Waals surface area contributed by atoms with Crippen molar-refractivity contribution in [2.75, 3.05) is 11.6 Å². The van der Waals surface area contributed by atoms with Gasteiger partial charge in [0.2, 0.25) is 0 Å². The predicted octanol–water partition coefficient (Wildman–Crippen LogP) is 3.98. The summed E-state index contributed by atoms with van der Waals surface area (Å²) in [6.45, 7) is 0. The van der Waals surface area contributed by atoms with E-state index in [2.05, 4.69) is 15.3 Å². The Hall–Kier alpha value is -2.48. The van der Waals surface area contributed by atoms with Gasteiger partial charge in [0.15, 0.2) is 0 Å². The summed E-state index contributed by atoms with van der Waals surface area (Å²) >= 11 is 0. The number of halogens is 2. The van der Waals surface area contributed by atoms with Crippen molar-refractivity contribution in [2.24, 2.45) is 10.9 Å². The van der Waals surface area contributed by atoms with Gasteiger partial charge in [-0.05, 0) is 31.0 Å². The number of para-hydroxylation sites is 1. The van der Waals surface area contributed by atoms with Gasteiger partial charge in [0.05, 0.1) is 44.2 Å². The number of benzene rings is 1. The van der Waals surface area contributed by atoms with Crippen LogP contribution in [-0.4, -0.2) is 33.4 Å². The second-order valence-corrected chi connectivity index (χ2v) is 8.38. The highest BCUT2D eigenvalue weighted by molar-refractivity contribution is 7.84. The maximum atomic E-state index is 13.2. The zero-order valence-electron chi connectivity index (χ0n) is 15.2. The highest BCUT2D eigenvalue weighted by Crippen LogP contribution is 2.38. The van der Waals surface area contributed by atoms with Gasteiger partial charge in [0, 0.05) is 25.0 Å². The molecule has 4 rings (SSSR count). The Morgan fingerprint density at radius 2 is 2.04 bits per heavy atom. The number of hydrogen-bond donors (Lipinski definition) is 1. The van der Waals surface area contributed by atoms with Crippen molar-refractivity contribution < 1.29 is 17.8 Å². The third kappa shape index (κ3) is 3.87. The molecule has 0 bridgehead atoms. The fraction of sp³-hybridized carbons (Fsp3) is 0.350. The minimum absolute atomic E-state index is 0.0332. The standard InChI is InChI=1S/C20H19F2N3O2S/c1-28(27)18-5-3-2-4-13(18)24-14-8-12(9-17(26)11-6-7-11)23-15-10-16(20(21)22)25-19(14)15/h2-5,8,11,20H,6-7,9-10H2,1H3,(H,23,24)/t28-/m1/s1. The molecule has 2 aliphatic rings. The van der Waals surface area contributed by atoms with Crippen molar-refractivity contribution in [1.29, 1.82) is 0 Å². The molecule has 1 N–H and O–H groups in total. The van der Waals surface area contributed by atoms with Crippen LogP contribution in [0.15, 0.2) is 40.2 Å². The minimum Gasteiger partial charge on any atom is -0.353 e. The van der Waals surface area contributed by atoms with E-state index in [4.69, 9.17) is 0 Å². The van der Waals surface area contributed by atoms with E-state index in [1.54, 1.807) is 36.6 Å². The van der Waals surface area contributed by atoms with Gasteiger partial charge in [-0.15, -0.1) is 0 Å². The molecule has 1 atom stereocenters. The SMILES string of the molecule is C[S@@](=O)c1ccccc1Nc1cc(CC(=O)C2CC2)nc2c1N=C(C(F)F)C2. The summed E-state index contributed by atoms with van der Waals surface area (Å²) in [6, 6.07) is 8.78. The van der Waals surface area contributed by atoms with Crippen molar-refractivity contribution in [2.45, 2.75) is 37.0 Å². The van der Waals surface area contributed by atoms with Crippen LogP contribution in [0.25, 0.3) is 0 Å². The van der Waals surface area contributed by atoms with Crippen LogP contribution >= 0.6 is 0 Å². The maximum absolute atomic E-state index is 13.2. The van der Waals surface area contributed by atoms with E-state index in [-0.39, 0.29) is 30.3 Å². The number of alkyl halides is 2. The van der Waals surface area contributed by atoms with E-state index in [0.717, 1.165) is 12.8 Å². The predicted molar refractivity (Wildman–Crippen MR) is 105 cm³/mol. The molecule has 1 saturated carbocycles. The van der Waals surface area contributed by atoms with Gasteiger partial charge in [0.1, 0.15) is 11.5 Å². The molecule has 1 fully saturated rings. The van der Waals surface area contributed by atoms with Gasteiger partial charge in [-0.2, -0.15) is 0 Å². The van der Waals surface area contributed by atoms with Crippen LogP contribution in [0.4, 0.5) is 25.8 Å². The lowest BCUT2D eigenvalue weighted by Gasteiger charge is -2.14. The molecule has 2 heterocycles. The molecule has 8 heteroatoms. The number of nitrogens with zero attached hydrogens (tertiary/aromatic N) is 2. The molecule has 28 heavy (non-hydrogen) atoms. The van der Waals surface area contributed by atoms with Crippen LogP contribution in [0.1, 0.15) is 24.2 Å². The van der Waals surface area contributed by atoms with Crippen molar-refractivity contribution in [3.8, 4) is 0 Å². The highest BCUT2D eigenvalue weighted by atomic mass is 32.2. The molecule has 0 spiro atoms. The zero-order valence-corrected chi connectivity index (χ0v) is 16.1. The first-order valence-electron chi connectivity index (χ1n) is 9.03. The smallest absolute Gasteiger partial charge is 0.277 e. The summed E-state index contributed by atoms with van der Waals surface area (Å²) in [5.41, 5.74) is 2.21. The van der Waals surface area contributed by atoms with Crippen LogP contribution in [0.2, 0.25) is 0 Å². The average molecular weight is 403 g/mol. The number of hydrogen-bond acceptors (Lipinski definition) is 5. The Bertz CT molecular complexity index is 1000. The first-order valence-corrected chi connectivity index (χ1v) is 10.6. The molecule has 5 nitrogen and oxygen atoms in total. The van der Waals surface area contributed by atoms with Crippen molar-refractivity contribution in [3.05, 3.63) is 41.7 Å². The minimum atomic E-state index is -2.66. The van der Waals surface area contributed by atoms with Gasteiger partial charge in [-0.3, -0.25) is 14.0 Å². The lowest BCUT2D eigenvalue weighted by atomic mass is 10.1. The molecule has 0 unspecified atom stereocenters. The average Bonchev–Trinajstić information content (AvgIpc) is 3.41. The van der Waals surface area contributed by atoms with E-state index < -0.39 is 17.2 Å². The topological polar surface area (TPSA) is 71.4 Å². The lowest BCUT2D eigenvalue weighted by molar-refractivity contribution is -0.119. The van der Waals surface area contributed by atoms with Gasteiger partial charge in [-0.25, -0.2) is 13.8 Å². The number of carbonyl (C=O) groups excluding carboxylic acids is 1. The highest BCUT2D eigenvalue weighted by Gasteiger charge is 2.31. The number of carbonyl (C=O) groups is 1. The Labute approximate surface area is 163 Å². The Morgan fingerprint density at radius 3 is 2.71 bits per heavy atom. The van der Waals surface area contributed by atoms with Gasteiger partial charge < -0.3 is 5.32 Å². The molecule has 146 valence electrons. The van der Waals surface area contributed by atoms with E-state index in [1.165, 1.54) is 0 Å². The number of nitrogens with one attached hydrogen (secondary N) is 1. The van der Waals surface area contributed by atoms with Crippen molar-refractivity contribution in [3.63, 3.8) is 0 Å². The van der Waals surface area contributed by atoms with E-state index >= 15 is 0 Å². The molecule has 1 aromatic carbocycles. The molecule has 2 aromatic rings. The van der Waals surface area contributed by atoms with E-state index in [0.29, 0.717) is 33.3 Å². The number of Topliss-reactive ketones (excluding diaryl/α,β-unsaturated/α-hetero) is 1. The zero-order chi connectivity index (χ0) is 19.8. The summed E-state index contributed by atoms with van der Waals surface area (Å²) in [5, 5.41) is 3.18. The number of anilines is 2. The van der Waals surface area contributed by atoms with Crippen molar-refractivity contribution in [1.82, 2.24) is 4.98 Å². The van der Waals surface area contributed by atoms with Gasteiger partial charge >= 0.3 is 0 Å². The van der Waals surface area contributed by atoms with Crippen LogP contribution in [-0.2, 0) is 28.4 Å². The van der Waals surface area contributed by atoms with Crippen LogP contribution in [0.5, 0.6) is 0 Å². The Balaban J connectivity index is 1.73. The molecule has 1 aliphatic carbocycles. The number of aromatic nitrogens is 1. The monoisotopic (exact) mass is 403 g/mol. The van der Waals surface area contributed by atoms with Crippen LogP contribution in [0, 0.1) is 5.92 Å². The number of ketones is 1. The number of aliphatic imine (C=N–C) groups is 1.